The lowest BCUT2D eigenvalue weighted by Crippen LogP contribution is -2.49. The van der Waals surface area contributed by atoms with Gasteiger partial charge in [-0.2, -0.15) is 5.10 Å². The maximum absolute atomic E-state index is 12.8. The van der Waals surface area contributed by atoms with Crippen molar-refractivity contribution < 1.29 is 9.53 Å². The van der Waals surface area contributed by atoms with Gasteiger partial charge in [-0.25, -0.2) is 0 Å². The zero-order valence-electron chi connectivity index (χ0n) is 12.9. The average molecular weight is 304 g/mol. The van der Waals surface area contributed by atoms with Gasteiger partial charge in [0.1, 0.15) is 0 Å². The van der Waals surface area contributed by atoms with E-state index in [2.05, 4.69) is 15.7 Å². The lowest BCUT2D eigenvalue weighted by atomic mass is 9.75. The molecule has 0 bridgehead atoms. The first kappa shape index (κ1) is 14.2. The first-order chi connectivity index (χ1) is 10.8. The number of nitrogens with one attached hydrogen (secondary N) is 2. The Balaban J connectivity index is 1.47. The normalized spacial score (nSPS) is 32.1. The molecule has 2 N–H and O–H groups in total. The largest absolute Gasteiger partial charge is 0.380 e. The van der Waals surface area contributed by atoms with Crippen LogP contribution in [-0.4, -0.2) is 42.0 Å². The number of hydrogen-bond acceptors (Lipinski definition) is 4. The molecule has 1 aliphatic carbocycles. The van der Waals surface area contributed by atoms with Crippen LogP contribution in [0.3, 0.4) is 0 Å². The minimum Gasteiger partial charge on any atom is -0.380 e. The third-order valence-corrected chi connectivity index (χ3v) is 5.59. The molecule has 3 heterocycles. The highest BCUT2D eigenvalue weighted by molar-refractivity contribution is 5.96. The molecule has 0 radical (unpaired) electrons. The van der Waals surface area contributed by atoms with Crippen LogP contribution >= 0.6 is 0 Å². The van der Waals surface area contributed by atoms with Crippen molar-refractivity contribution in [2.75, 3.05) is 31.6 Å². The van der Waals surface area contributed by atoms with Crippen LogP contribution in [0.5, 0.6) is 0 Å². The van der Waals surface area contributed by atoms with Crippen LogP contribution in [0.25, 0.3) is 0 Å². The molecular weight excluding hydrogens is 280 g/mol. The summed E-state index contributed by atoms with van der Waals surface area (Å²) in [6.45, 7) is 2.91. The fourth-order valence-corrected chi connectivity index (χ4v) is 4.19. The Bertz CT molecular complexity index is 552. The summed E-state index contributed by atoms with van der Waals surface area (Å²) in [5.74, 6) is 0.458. The maximum atomic E-state index is 12.8. The molecule has 4 rings (SSSR count). The van der Waals surface area contributed by atoms with E-state index in [1.54, 1.807) is 6.20 Å². The molecule has 2 atom stereocenters. The number of nitrogens with zero attached hydrogens (tertiary/aromatic N) is 2. The summed E-state index contributed by atoms with van der Waals surface area (Å²) < 4.78 is 7.63. The first-order valence-corrected chi connectivity index (χ1v) is 8.42. The Morgan fingerprint density at radius 1 is 1.41 bits per heavy atom. The third-order valence-electron chi connectivity index (χ3n) is 5.59. The molecule has 1 aromatic rings. The minimum absolute atomic E-state index is 0.0770. The van der Waals surface area contributed by atoms with E-state index < -0.39 is 5.41 Å². The Morgan fingerprint density at radius 2 is 2.27 bits per heavy atom. The van der Waals surface area contributed by atoms with Crippen molar-refractivity contribution in [3.8, 4) is 0 Å². The molecule has 0 unspecified atom stereocenters. The molecule has 1 aromatic heterocycles. The van der Waals surface area contributed by atoms with Gasteiger partial charge in [0.15, 0.2) is 0 Å². The molecule has 2 aliphatic heterocycles. The first-order valence-electron chi connectivity index (χ1n) is 8.42. The van der Waals surface area contributed by atoms with Gasteiger partial charge < -0.3 is 15.4 Å². The van der Waals surface area contributed by atoms with Gasteiger partial charge in [0.2, 0.25) is 5.91 Å². The van der Waals surface area contributed by atoms with Crippen molar-refractivity contribution in [1.29, 1.82) is 0 Å². The van der Waals surface area contributed by atoms with Crippen LogP contribution in [0, 0.1) is 11.3 Å². The summed E-state index contributed by atoms with van der Waals surface area (Å²) in [4.78, 5) is 12.8. The lowest BCUT2D eigenvalue weighted by molar-refractivity contribution is -0.135. The minimum atomic E-state index is -0.409. The number of aromatic nitrogens is 2. The molecule has 1 amide bonds. The molecule has 3 aliphatic rings. The van der Waals surface area contributed by atoms with Crippen LogP contribution in [-0.2, 0) is 9.53 Å². The molecule has 120 valence electrons. The third kappa shape index (κ3) is 2.34. The fourth-order valence-electron chi connectivity index (χ4n) is 4.19. The van der Waals surface area contributed by atoms with E-state index in [9.17, 15) is 4.79 Å². The van der Waals surface area contributed by atoms with Crippen molar-refractivity contribution >= 4 is 11.6 Å². The average Bonchev–Trinajstić information content (AvgIpc) is 3.27. The van der Waals surface area contributed by atoms with Crippen molar-refractivity contribution in [3.63, 3.8) is 0 Å². The maximum Gasteiger partial charge on any atom is 0.234 e. The van der Waals surface area contributed by atoms with Gasteiger partial charge >= 0.3 is 0 Å². The van der Waals surface area contributed by atoms with Gasteiger partial charge in [-0.15, -0.1) is 0 Å². The molecule has 1 saturated carbocycles. The lowest BCUT2D eigenvalue weighted by Gasteiger charge is -2.36. The van der Waals surface area contributed by atoms with E-state index in [1.807, 2.05) is 10.9 Å². The van der Waals surface area contributed by atoms with Gasteiger partial charge in [0.05, 0.1) is 29.9 Å². The number of hydrogen-bond donors (Lipinski definition) is 2. The predicted octanol–water partition coefficient (Wildman–Crippen LogP) is 1.56. The van der Waals surface area contributed by atoms with Gasteiger partial charge in [-0.3, -0.25) is 9.48 Å². The zero-order chi connectivity index (χ0) is 15.0. The fraction of sp³-hybridized carbons (Fsp3) is 0.750. The van der Waals surface area contributed by atoms with Crippen LogP contribution in [0.2, 0.25) is 0 Å². The summed E-state index contributed by atoms with van der Waals surface area (Å²) in [6.07, 6.45) is 9.65. The van der Waals surface area contributed by atoms with Crippen LogP contribution in [0.15, 0.2) is 12.4 Å². The van der Waals surface area contributed by atoms with Gasteiger partial charge in [-0.1, -0.05) is 12.8 Å². The number of carbonyl (C=O) groups is 1. The van der Waals surface area contributed by atoms with E-state index in [1.165, 1.54) is 25.7 Å². The molecule has 3 fully saturated rings. The van der Waals surface area contributed by atoms with Gasteiger partial charge in [0, 0.05) is 19.3 Å². The highest BCUT2D eigenvalue weighted by Crippen LogP contribution is 2.38. The van der Waals surface area contributed by atoms with Crippen molar-refractivity contribution in [2.45, 2.75) is 38.1 Å². The van der Waals surface area contributed by atoms with Gasteiger partial charge in [0.25, 0.3) is 0 Å². The van der Waals surface area contributed by atoms with E-state index in [0.29, 0.717) is 25.1 Å². The topological polar surface area (TPSA) is 68.2 Å². The van der Waals surface area contributed by atoms with E-state index in [-0.39, 0.29) is 5.91 Å². The van der Waals surface area contributed by atoms with E-state index >= 15 is 0 Å². The quantitative estimate of drug-likeness (QED) is 0.889. The summed E-state index contributed by atoms with van der Waals surface area (Å²) in [5, 5.41) is 10.9. The predicted molar refractivity (Wildman–Crippen MR) is 82.6 cm³/mol. The Morgan fingerprint density at radius 3 is 3.14 bits per heavy atom. The van der Waals surface area contributed by atoms with Crippen molar-refractivity contribution in [3.05, 3.63) is 12.4 Å². The second-order valence-electron chi connectivity index (χ2n) is 6.93. The number of rotatable bonds is 3. The van der Waals surface area contributed by atoms with Crippen LogP contribution in [0.4, 0.5) is 5.69 Å². The number of amides is 1. The van der Waals surface area contributed by atoms with E-state index in [4.69, 9.17) is 4.74 Å². The van der Waals surface area contributed by atoms with Crippen molar-refractivity contribution in [2.24, 2.45) is 11.3 Å². The second kappa shape index (κ2) is 5.66. The second-order valence-corrected chi connectivity index (χ2v) is 6.93. The highest BCUT2D eigenvalue weighted by atomic mass is 16.5. The smallest absolute Gasteiger partial charge is 0.234 e. The summed E-state index contributed by atoms with van der Waals surface area (Å²) in [7, 11) is 0. The summed E-state index contributed by atoms with van der Waals surface area (Å²) >= 11 is 0. The Kier molecular flexibility index (Phi) is 3.66. The molecule has 6 nitrogen and oxygen atoms in total. The van der Waals surface area contributed by atoms with Gasteiger partial charge in [-0.05, 0) is 31.7 Å². The van der Waals surface area contributed by atoms with E-state index in [0.717, 1.165) is 25.3 Å². The molecule has 0 spiro atoms. The molecule has 22 heavy (non-hydrogen) atoms. The van der Waals surface area contributed by atoms with Crippen LogP contribution in [0.1, 0.15) is 38.1 Å². The summed E-state index contributed by atoms with van der Waals surface area (Å²) in [6, 6.07) is 0.503. The highest BCUT2D eigenvalue weighted by Gasteiger charge is 2.51. The molecule has 0 aromatic carbocycles. The number of anilines is 1. The Labute approximate surface area is 130 Å². The molecule has 2 saturated heterocycles. The Hall–Kier alpha value is -1.40. The zero-order valence-corrected chi connectivity index (χ0v) is 12.9. The monoisotopic (exact) mass is 304 g/mol. The summed E-state index contributed by atoms with van der Waals surface area (Å²) in [5.41, 5.74) is 0.399. The number of carbonyl (C=O) groups excluding carboxylic acids is 1. The van der Waals surface area contributed by atoms with Crippen molar-refractivity contribution in [1.82, 2.24) is 15.1 Å². The molecular formula is C16H24N4O2. The molecule has 6 heteroatoms. The van der Waals surface area contributed by atoms with Crippen LogP contribution < -0.4 is 10.6 Å². The SMILES string of the molecule is O=C(Nc1cnn(C2CCCC2)c1)[C@]12CNC[C@H]1CCOC2. The standard InChI is InChI=1S/C16H24N4O2/c21-15(16-10-17-7-12(16)5-6-22-11-16)19-13-8-18-20(9-13)14-3-1-2-4-14/h8-9,12,14,17H,1-7,10-11H2,(H,19,21)/t12-,16+/m1/s1. The number of ether oxygens (including phenoxy) is 1. The number of fused-ring (bicyclic) bond motifs is 1.